The average Bonchev–Trinajstić information content (AvgIpc) is 3.17. The van der Waals surface area contributed by atoms with Gasteiger partial charge in [-0.05, 0) is 32.6 Å². The second-order valence-corrected chi connectivity index (χ2v) is 12.2. The lowest BCUT2D eigenvalue weighted by molar-refractivity contribution is -0.340. The van der Waals surface area contributed by atoms with Crippen LogP contribution in [0.2, 0.25) is 0 Å². The predicted molar refractivity (Wildman–Crippen MR) is 158 cm³/mol. The summed E-state index contributed by atoms with van der Waals surface area (Å²) in [5.41, 5.74) is -4.15. The SMILES string of the molecule is CNC(=O)[C@H](CCCCNC(=O)C(=O)N[C@@]12OCCC(CSC[C@H](NC(C)=O)C(=O)OC)C1(O)O[C@@](C)(CO)[C@@H]2O)NC(C)=O. The molecule has 17 nitrogen and oxygen atoms in total. The highest BCUT2D eigenvalue weighted by atomic mass is 32.2. The first-order valence-electron chi connectivity index (χ1n) is 14.5. The summed E-state index contributed by atoms with van der Waals surface area (Å²) in [5, 5.41) is 45.4. The third-order valence-corrected chi connectivity index (χ3v) is 8.87. The molecule has 0 aromatic carbocycles. The zero-order valence-electron chi connectivity index (χ0n) is 26.1. The Labute approximate surface area is 265 Å². The van der Waals surface area contributed by atoms with Crippen LogP contribution in [0.3, 0.4) is 0 Å². The van der Waals surface area contributed by atoms with Crippen LogP contribution in [0.25, 0.3) is 0 Å². The van der Waals surface area contributed by atoms with Crippen LogP contribution in [-0.2, 0) is 43.0 Å². The zero-order valence-corrected chi connectivity index (χ0v) is 26.9. The number of aliphatic hydroxyl groups is 3. The topological polar surface area (TPSA) is 251 Å². The Balaban J connectivity index is 2.10. The molecule has 0 aromatic rings. The number of fused-ring (bicyclic) bond motifs is 1. The fourth-order valence-electron chi connectivity index (χ4n) is 5.30. The van der Waals surface area contributed by atoms with Crippen LogP contribution in [-0.4, -0.2) is 132 Å². The normalized spacial score (nSPS) is 28.5. The van der Waals surface area contributed by atoms with Gasteiger partial charge in [0.2, 0.25) is 29.2 Å². The molecule has 256 valence electrons. The van der Waals surface area contributed by atoms with Gasteiger partial charge in [0.25, 0.3) is 0 Å². The van der Waals surface area contributed by atoms with Gasteiger partial charge in [0.15, 0.2) is 0 Å². The number of thioether (sulfide) groups is 1. The van der Waals surface area contributed by atoms with Crippen LogP contribution in [0.1, 0.15) is 46.5 Å². The van der Waals surface area contributed by atoms with E-state index in [0.717, 1.165) is 11.8 Å². The molecule has 2 aliphatic heterocycles. The minimum Gasteiger partial charge on any atom is -0.467 e. The third-order valence-electron chi connectivity index (χ3n) is 7.67. The molecule has 2 rings (SSSR count). The van der Waals surface area contributed by atoms with Crippen molar-refractivity contribution in [2.75, 3.05) is 45.4 Å². The molecule has 2 unspecified atom stereocenters. The van der Waals surface area contributed by atoms with Gasteiger partial charge in [0.05, 0.1) is 20.3 Å². The van der Waals surface area contributed by atoms with Gasteiger partial charge in [0.1, 0.15) is 23.8 Å². The van der Waals surface area contributed by atoms with Crippen LogP contribution in [0.5, 0.6) is 0 Å². The largest absolute Gasteiger partial charge is 0.467 e. The number of amides is 5. The number of likely N-dealkylation sites (N-methyl/N-ethyl adjacent to an activating group) is 1. The van der Waals surface area contributed by atoms with Gasteiger partial charge < -0.3 is 56.1 Å². The van der Waals surface area contributed by atoms with E-state index in [-0.39, 0.29) is 42.9 Å². The van der Waals surface area contributed by atoms with Crippen molar-refractivity contribution in [3.63, 3.8) is 0 Å². The summed E-state index contributed by atoms with van der Waals surface area (Å²) in [7, 11) is 2.62. The highest BCUT2D eigenvalue weighted by Gasteiger charge is 2.75. The average molecular weight is 664 g/mol. The minimum absolute atomic E-state index is 0.0350. The van der Waals surface area contributed by atoms with Crippen LogP contribution < -0.4 is 26.6 Å². The summed E-state index contributed by atoms with van der Waals surface area (Å²) >= 11 is 1.16. The molecular formula is C27H45N5O12S. The standard InChI is InChI=1S/C27H45N5O12S/c1-15(34)30-18(20(36)28-4)8-6-7-10-29-21(37)22(38)32-26-24(40)25(3,14-33)44-27(26,41)17(9-11-43-26)12-45-13-19(23(39)42-5)31-16(2)35/h17-19,24,33,40-41H,6-14H2,1-5H3,(H,28,36)(H,29,37)(H,30,34)(H,31,35)(H,32,38)/t17?,18-,19-,24-,25-,26-,27?/m0/s1. The van der Waals surface area contributed by atoms with E-state index >= 15 is 0 Å². The number of nitrogens with one attached hydrogen (secondary N) is 5. The number of ether oxygens (including phenoxy) is 3. The van der Waals surface area contributed by atoms with Crippen molar-refractivity contribution < 1.29 is 58.3 Å². The zero-order chi connectivity index (χ0) is 34.0. The van der Waals surface area contributed by atoms with Crippen molar-refractivity contribution >= 4 is 47.3 Å². The summed E-state index contributed by atoms with van der Waals surface area (Å²) < 4.78 is 16.3. The molecule has 8 N–H and O–H groups in total. The highest BCUT2D eigenvalue weighted by molar-refractivity contribution is 7.99. The van der Waals surface area contributed by atoms with Gasteiger partial charge in [-0.3, -0.25) is 24.0 Å². The smallest absolute Gasteiger partial charge is 0.329 e. The van der Waals surface area contributed by atoms with Crippen LogP contribution in [0.15, 0.2) is 0 Å². The van der Waals surface area contributed by atoms with E-state index in [9.17, 15) is 44.1 Å². The van der Waals surface area contributed by atoms with Crippen LogP contribution >= 0.6 is 11.8 Å². The van der Waals surface area contributed by atoms with Crippen molar-refractivity contribution in [1.82, 2.24) is 26.6 Å². The molecule has 2 aliphatic rings. The lowest BCUT2D eigenvalue weighted by Gasteiger charge is -2.49. The number of methoxy groups -OCH3 is 1. The summed E-state index contributed by atoms with van der Waals surface area (Å²) in [6.07, 6.45) is -0.565. The fourth-order valence-corrected chi connectivity index (χ4v) is 6.57. The van der Waals surface area contributed by atoms with Gasteiger partial charge >= 0.3 is 17.8 Å². The van der Waals surface area contributed by atoms with E-state index in [1.54, 1.807) is 0 Å². The third kappa shape index (κ3) is 9.04. The van der Waals surface area contributed by atoms with Gasteiger partial charge in [-0.2, -0.15) is 11.8 Å². The Bertz CT molecular complexity index is 1110. The van der Waals surface area contributed by atoms with Gasteiger partial charge in [0, 0.05) is 44.9 Å². The molecule has 2 fully saturated rings. The maximum Gasteiger partial charge on any atom is 0.329 e. The minimum atomic E-state index is -2.42. The first kappa shape index (κ1) is 38.2. The molecule has 0 bridgehead atoms. The van der Waals surface area contributed by atoms with Crippen LogP contribution in [0.4, 0.5) is 0 Å². The Morgan fingerprint density at radius 3 is 2.27 bits per heavy atom. The van der Waals surface area contributed by atoms with Gasteiger partial charge in [-0.25, -0.2) is 4.79 Å². The highest BCUT2D eigenvalue weighted by Crippen LogP contribution is 2.52. The molecule has 0 radical (unpaired) electrons. The van der Waals surface area contributed by atoms with E-state index in [4.69, 9.17) is 14.2 Å². The summed E-state index contributed by atoms with van der Waals surface area (Å²) in [6.45, 7) is 3.03. The summed E-state index contributed by atoms with van der Waals surface area (Å²) in [4.78, 5) is 72.6. The Kier molecular flexibility index (Phi) is 14.0. The van der Waals surface area contributed by atoms with Crippen molar-refractivity contribution in [3.05, 3.63) is 0 Å². The van der Waals surface area contributed by atoms with Crippen molar-refractivity contribution in [2.45, 2.75) is 81.8 Å². The first-order chi connectivity index (χ1) is 21.1. The maximum absolute atomic E-state index is 13.0. The van der Waals surface area contributed by atoms with E-state index in [1.807, 2.05) is 0 Å². The van der Waals surface area contributed by atoms with E-state index < -0.39 is 71.5 Å². The Hall–Kier alpha value is -3.03. The number of aliphatic hydroxyl groups excluding tert-OH is 2. The van der Waals surface area contributed by atoms with Gasteiger partial charge in [-0.1, -0.05) is 0 Å². The molecule has 2 heterocycles. The predicted octanol–water partition coefficient (Wildman–Crippen LogP) is -3.39. The Morgan fingerprint density at radius 2 is 1.69 bits per heavy atom. The number of carbonyl (C=O) groups excluding carboxylic acids is 6. The number of rotatable bonds is 15. The van der Waals surface area contributed by atoms with Crippen LogP contribution in [0, 0.1) is 5.92 Å². The fraction of sp³-hybridized carbons (Fsp3) is 0.778. The van der Waals surface area contributed by atoms with E-state index in [0.29, 0.717) is 19.3 Å². The lowest BCUT2D eigenvalue weighted by Crippen LogP contribution is -2.74. The molecule has 0 saturated carbocycles. The maximum atomic E-state index is 13.0. The number of hydrogen-bond acceptors (Lipinski definition) is 13. The number of esters is 1. The molecule has 5 amide bonds. The molecule has 2 saturated heterocycles. The van der Waals surface area contributed by atoms with Gasteiger partial charge in [-0.15, -0.1) is 0 Å². The second-order valence-electron chi connectivity index (χ2n) is 11.1. The van der Waals surface area contributed by atoms with E-state index in [2.05, 4.69) is 26.6 Å². The molecule has 18 heteroatoms. The molecule has 45 heavy (non-hydrogen) atoms. The van der Waals surface area contributed by atoms with E-state index in [1.165, 1.54) is 34.9 Å². The number of hydrogen-bond donors (Lipinski definition) is 8. The quantitative estimate of drug-likeness (QED) is 0.0484. The molecular weight excluding hydrogens is 618 g/mol. The summed E-state index contributed by atoms with van der Waals surface area (Å²) in [6, 6.07) is -1.72. The molecule has 0 aliphatic carbocycles. The Morgan fingerprint density at radius 1 is 1.04 bits per heavy atom. The monoisotopic (exact) mass is 663 g/mol. The van der Waals surface area contributed by atoms with Crippen molar-refractivity contribution in [1.29, 1.82) is 0 Å². The molecule has 7 atom stereocenters. The second kappa shape index (κ2) is 16.5. The molecule has 0 spiro atoms. The van der Waals surface area contributed by atoms with Crippen molar-refractivity contribution in [3.8, 4) is 0 Å². The first-order valence-corrected chi connectivity index (χ1v) is 15.6. The number of unbranched alkanes of at least 4 members (excludes halogenated alkanes) is 1. The lowest BCUT2D eigenvalue weighted by atomic mass is 9.81. The number of carbonyl (C=O) groups is 6. The van der Waals surface area contributed by atoms with Crippen molar-refractivity contribution in [2.24, 2.45) is 5.92 Å². The molecule has 0 aromatic heterocycles. The summed E-state index contributed by atoms with van der Waals surface area (Å²) in [5.74, 6) is -7.30.